The summed E-state index contributed by atoms with van der Waals surface area (Å²) < 4.78 is 19.0. The summed E-state index contributed by atoms with van der Waals surface area (Å²) in [6.07, 6.45) is 0. The van der Waals surface area contributed by atoms with Crippen LogP contribution in [-0.4, -0.2) is 66.7 Å². The molecule has 2 atom stereocenters. The second kappa shape index (κ2) is 6.90. The predicted octanol–water partition coefficient (Wildman–Crippen LogP) is 1.47. The largest absolute Gasteiger partial charge is 0.481 e. The Bertz CT molecular complexity index is 701. The number of carbonyl (C=O) groups excluding carboxylic acids is 1. The monoisotopic (exact) mass is 370 g/mol. The Morgan fingerprint density at radius 1 is 1.40 bits per heavy atom. The smallest absolute Gasteiger partial charge is 0.313 e. The van der Waals surface area contributed by atoms with E-state index in [9.17, 15) is 19.1 Å². The zero-order valence-corrected chi connectivity index (χ0v) is 14.6. The highest BCUT2D eigenvalue weighted by atomic mass is 35.5. The number of methoxy groups -OCH3 is 1. The number of ether oxygens (including phenoxy) is 1. The summed E-state index contributed by atoms with van der Waals surface area (Å²) in [5.74, 6) is -1.78. The first-order valence-electron chi connectivity index (χ1n) is 8.02. The van der Waals surface area contributed by atoms with E-state index >= 15 is 0 Å². The molecule has 2 saturated heterocycles. The summed E-state index contributed by atoms with van der Waals surface area (Å²) >= 11 is 5.81. The molecule has 25 heavy (non-hydrogen) atoms. The van der Waals surface area contributed by atoms with E-state index in [0.29, 0.717) is 25.2 Å². The molecule has 1 amide bonds. The molecule has 0 unspecified atom stereocenters. The first kappa shape index (κ1) is 18.1. The Labute approximate surface area is 150 Å². The second-order valence-corrected chi connectivity index (χ2v) is 7.16. The molecule has 0 spiro atoms. The molecule has 136 valence electrons. The van der Waals surface area contributed by atoms with Gasteiger partial charge in [-0.25, -0.2) is 4.39 Å². The number of carboxylic acid groups (broad SMARTS) is 1. The third-order valence-corrected chi connectivity index (χ3v) is 5.44. The second-order valence-electron chi connectivity index (χ2n) is 6.75. The first-order valence-corrected chi connectivity index (χ1v) is 8.40. The quantitative estimate of drug-likeness (QED) is 0.850. The lowest BCUT2D eigenvalue weighted by molar-refractivity contribution is -0.149. The maximum Gasteiger partial charge on any atom is 0.313 e. The number of carbonyl (C=O) groups is 2. The molecule has 2 aliphatic heterocycles. The number of rotatable bonds is 5. The first-order chi connectivity index (χ1) is 11.9. The van der Waals surface area contributed by atoms with Crippen LogP contribution in [0.15, 0.2) is 18.2 Å². The molecule has 0 saturated carbocycles. The van der Waals surface area contributed by atoms with Crippen molar-refractivity contribution < 1.29 is 23.8 Å². The summed E-state index contributed by atoms with van der Waals surface area (Å²) in [4.78, 5) is 27.5. The van der Waals surface area contributed by atoms with E-state index in [4.69, 9.17) is 16.3 Å². The van der Waals surface area contributed by atoms with Gasteiger partial charge in [0.2, 0.25) is 5.91 Å². The zero-order valence-electron chi connectivity index (χ0n) is 13.9. The van der Waals surface area contributed by atoms with E-state index in [-0.39, 0.29) is 36.5 Å². The third kappa shape index (κ3) is 3.23. The highest BCUT2D eigenvalue weighted by molar-refractivity contribution is 6.30. The van der Waals surface area contributed by atoms with Crippen LogP contribution < -0.4 is 0 Å². The number of halogens is 2. The van der Waals surface area contributed by atoms with Crippen molar-refractivity contribution >= 4 is 23.5 Å². The van der Waals surface area contributed by atoms with Crippen LogP contribution in [0.5, 0.6) is 0 Å². The van der Waals surface area contributed by atoms with Gasteiger partial charge in [0.25, 0.3) is 0 Å². The number of fused-ring (bicyclic) bond motifs is 1. The number of likely N-dealkylation sites (tertiary alicyclic amines) is 2. The van der Waals surface area contributed by atoms with Crippen molar-refractivity contribution in [1.82, 2.24) is 9.80 Å². The number of hydrogen-bond acceptors (Lipinski definition) is 4. The van der Waals surface area contributed by atoms with E-state index < -0.39 is 17.2 Å². The van der Waals surface area contributed by atoms with E-state index in [2.05, 4.69) is 0 Å². The molecule has 0 aromatic heterocycles. The Hall–Kier alpha value is -1.70. The molecule has 6 nitrogen and oxygen atoms in total. The Morgan fingerprint density at radius 3 is 2.80 bits per heavy atom. The van der Waals surface area contributed by atoms with Crippen LogP contribution in [0, 0.1) is 17.2 Å². The van der Waals surface area contributed by atoms with Crippen LogP contribution in [0.4, 0.5) is 4.39 Å². The fourth-order valence-electron chi connectivity index (χ4n) is 3.91. The van der Waals surface area contributed by atoms with Gasteiger partial charge in [-0.1, -0.05) is 23.7 Å². The minimum atomic E-state index is -1.02. The molecular weight excluding hydrogens is 351 g/mol. The summed E-state index contributed by atoms with van der Waals surface area (Å²) in [6.45, 7) is 1.54. The van der Waals surface area contributed by atoms with Crippen LogP contribution in [0.3, 0.4) is 0 Å². The van der Waals surface area contributed by atoms with Gasteiger partial charge in [-0.05, 0) is 6.07 Å². The Morgan fingerprint density at radius 2 is 2.16 bits per heavy atom. The number of benzene rings is 1. The number of carboxylic acids is 1. The zero-order chi connectivity index (χ0) is 18.2. The topological polar surface area (TPSA) is 70.1 Å². The summed E-state index contributed by atoms with van der Waals surface area (Å²) in [6, 6.07) is 4.81. The molecule has 1 aromatic carbocycles. The van der Waals surface area contributed by atoms with Gasteiger partial charge in [0, 0.05) is 51.3 Å². The van der Waals surface area contributed by atoms with Gasteiger partial charge in [0.15, 0.2) is 0 Å². The lowest BCUT2D eigenvalue weighted by Crippen LogP contribution is -2.42. The van der Waals surface area contributed by atoms with Crippen molar-refractivity contribution in [1.29, 1.82) is 0 Å². The van der Waals surface area contributed by atoms with E-state index in [1.54, 1.807) is 17.0 Å². The van der Waals surface area contributed by atoms with E-state index in [1.807, 2.05) is 4.90 Å². The number of hydrogen-bond donors (Lipinski definition) is 1. The molecule has 3 rings (SSSR count). The van der Waals surface area contributed by atoms with Crippen molar-refractivity contribution in [3.8, 4) is 0 Å². The van der Waals surface area contributed by atoms with Crippen LogP contribution in [0.25, 0.3) is 0 Å². The molecule has 8 heteroatoms. The van der Waals surface area contributed by atoms with Crippen LogP contribution in [-0.2, 0) is 20.9 Å². The highest BCUT2D eigenvalue weighted by Gasteiger charge is 2.58. The van der Waals surface area contributed by atoms with Crippen molar-refractivity contribution in [2.24, 2.45) is 11.3 Å². The highest BCUT2D eigenvalue weighted by Crippen LogP contribution is 2.43. The number of aliphatic carboxylic acids is 1. The van der Waals surface area contributed by atoms with Crippen LogP contribution >= 0.6 is 11.6 Å². The standard InChI is InChI=1S/C17H20ClFN2O4/c1-25-8-14(22)21-7-12-6-20(9-17(12,10-21)16(23)24)5-11-3-2-4-13(18)15(11)19/h2-4,12H,5-10H2,1H3,(H,23,24)/t12-,17-/m0/s1. The van der Waals surface area contributed by atoms with Gasteiger partial charge in [0.05, 0.1) is 5.02 Å². The van der Waals surface area contributed by atoms with Crippen molar-refractivity contribution in [2.75, 3.05) is 39.9 Å². The van der Waals surface area contributed by atoms with Crippen LogP contribution in [0.2, 0.25) is 5.02 Å². The van der Waals surface area contributed by atoms with E-state index in [1.165, 1.54) is 13.2 Å². The van der Waals surface area contributed by atoms with Gasteiger partial charge < -0.3 is 14.7 Å². The van der Waals surface area contributed by atoms with Crippen molar-refractivity contribution in [3.63, 3.8) is 0 Å². The maximum absolute atomic E-state index is 14.1. The van der Waals surface area contributed by atoms with Crippen LogP contribution in [0.1, 0.15) is 5.56 Å². The molecular formula is C17H20ClFN2O4. The normalized spacial score (nSPS) is 26.0. The van der Waals surface area contributed by atoms with Crippen molar-refractivity contribution in [3.05, 3.63) is 34.6 Å². The molecule has 2 fully saturated rings. The SMILES string of the molecule is COCC(=O)N1C[C@@H]2CN(Cc3cccc(Cl)c3F)C[C@]2(C(=O)O)C1. The van der Waals surface area contributed by atoms with Gasteiger partial charge >= 0.3 is 5.97 Å². The summed E-state index contributed by atoms with van der Waals surface area (Å²) in [5, 5.41) is 9.85. The molecule has 0 bridgehead atoms. The lowest BCUT2D eigenvalue weighted by Gasteiger charge is -2.25. The molecule has 0 radical (unpaired) electrons. The lowest BCUT2D eigenvalue weighted by atomic mass is 9.81. The maximum atomic E-state index is 14.1. The minimum absolute atomic E-state index is 0.0557. The van der Waals surface area contributed by atoms with Gasteiger partial charge in [-0.3, -0.25) is 14.5 Å². The predicted molar refractivity (Wildman–Crippen MR) is 88.7 cm³/mol. The molecule has 1 N–H and O–H groups in total. The average molecular weight is 371 g/mol. The van der Waals surface area contributed by atoms with Gasteiger partial charge in [0.1, 0.15) is 17.8 Å². The molecule has 2 heterocycles. The van der Waals surface area contributed by atoms with Gasteiger partial charge in [-0.2, -0.15) is 0 Å². The molecule has 1 aromatic rings. The minimum Gasteiger partial charge on any atom is -0.481 e. The van der Waals surface area contributed by atoms with Gasteiger partial charge in [-0.15, -0.1) is 0 Å². The fourth-order valence-corrected chi connectivity index (χ4v) is 4.10. The number of nitrogens with zero attached hydrogens (tertiary/aromatic N) is 2. The molecule has 2 aliphatic rings. The van der Waals surface area contributed by atoms with E-state index in [0.717, 1.165) is 0 Å². The Kier molecular flexibility index (Phi) is 4.99. The third-order valence-electron chi connectivity index (χ3n) is 5.15. The molecule has 0 aliphatic carbocycles. The summed E-state index contributed by atoms with van der Waals surface area (Å²) in [5.41, 5.74) is -0.571. The summed E-state index contributed by atoms with van der Waals surface area (Å²) in [7, 11) is 1.43. The Balaban J connectivity index is 1.75. The fraction of sp³-hybridized carbons (Fsp3) is 0.529. The van der Waals surface area contributed by atoms with Crippen molar-refractivity contribution in [2.45, 2.75) is 6.54 Å². The number of amides is 1. The average Bonchev–Trinajstić information content (AvgIpc) is 3.07.